The van der Waals surface area contributed by atoms with E-state index < -0.39 is 17.5 Å². The summed E-state index contributed by atoms with van der Waals surface area (Å²) in [6, 6.07) is 6.24. The largest absolute Gasteiger partial charge is 0.453 e. The molecule has 142 valence electrons. The maximum atomic E-state index is 14.5. The van der Waals surface area contributed by atoms with Gasteiger partial charge in [-0.25, -0.2) is 14.2 Å². The van der Waals surface area contributed by atoms with Crippen molar-refractivity contribution in [3.05, 3.63) is 51.6 Å². The number of pyridine rings is 1. The zero-order valence-electron chi connectivity index (χ0n) is 15.1. The molecule has 3 aromatic rings. The predicted molar refractivity (Wildman–Crippen MR) is 108 cm³/mol. The van der Waals surface area contributed by atoms with Crippen LogP contribution in [-0.2, 0) is 11.3 Å². The van der Waals surface area contributed by atoms with Gasteiger partial charge in [-0.2, -0.15) is 0 Å². The summed E-state index contributed by atoms with van der Waals surface area (Å²) >= 11 is 2.16. The molecule has 2 heterocycles. The van der Waals surface area contributed by atoms with Crippen molar-refractivity contribution in [1.82, 2.24) is 15.3 Å². The van der Waals surface area contributed by atoms with E-state index in [0.29, 0.717) is 17.0 Å². The molecule has 8 heteroatoms. The fourth-order valence-electron chi connectivity index (χ4n) is 2.42. The van der Waals surface area contributed by atoms with Gasteiger partial charge >= 0.3 is 6.09 Å². The van der Waals surface area contributed by atoms with Crippen molar-refractivity contribution >= 4 is 39.7 Å². The number of hydrogen-bond donors (Lipinski definition) is 2. The first kappa shape index (κ1) is 19.4. The minimum absolute atomic E-state index is 0.0977. The van der Waals surface area contributed by atoms with Gasteiger partial charge in [0.25, 0.3) is 0 Å². The average molecular weight is 483 g/mol. The summed E-state index contributed by atoms with van der Waals surface area (Å²) in [7, 11) is 0. The molecule has 0 radical (unpaired) electrons. The summed E-state index contributed by atoms with van der Waals surface area (Å²) in [4.78, 5) is 19.0. The number of aromatic amines is 1. The molecule has 6 nitrogen and oxygen atoms in total. The Kier molecular flexibility index (Phi) is 5.54. The first-order valence-corrected chi connectivity index (χ1v) is 9.35. The molecule has 27 heavy (non-hydrogen) atoms. The van der Waals surface area contributed by atoms with Crippen molar-refractivity contribution < 1.29 is 18.7 Å². The van der Waals surface area contributed by atoms with Crippen LogP contribution in [0.3, 0.4) is 0 Å². The Morgan fingerprint density at radius 2 is 2.07 bits per heavy atom. The third kappa shape index (κ3) is 4.88. The Bertz CT molecular complexity index is 982. The summed E-state index contributed by atoms with van der Waals surface area (Å²) in [5, 5.41) is 3.40. The van der Waals surface area contributed by atoms with Crippen LogP contribution in [0.15, 0.2) is 36.7 Å². The van der Waals surface area contributed by atoms with E-state index in [0.717, 1.165) is 8.96 Å². The van der Waals surface area contributed by atoms with E-state index in [-0.39, 0.29) is 12.3 Å². The zero-order chi connectivity index (χ0) is 19.6. The second-order valence-electron chi connectivity index (χ2n) is 6.89. The van der Waals surface area contributed by atoms with E-state index in [1.807, 2.05) is 6.20 Å². The maximum Gasteiger partial charge on any atom is 0.407 e. The number of alkyl carbamates (subject to hydrolysis) is 1. The van der Waals surface area contributed by atoms with Crippen molar-refractivity contribution in [2.45, 2.75) is 32.9 Å². The van der Waals surface area contributed by atoms with Crippen molar-refractivity contribution in [1.29, 1.82) is 0 Å². The van der Waals surface area contributed by atoms with E-state index in [4.69, 9.17) is 9.47 Å². The van der Waals surface area contributed by atoms with Gasteiger partial charge in [-0.15, -0.1) is 0 Å². The van der Waals surface area contributed by atoms with Crippen molar-refractivity contribution in [2.24, 2.45) is 0 Å². The highest BCUT2D eigenvalue weighted by Crippen LogP contribution is 2.33. The normalized spacial score (nSPS) is 11.4. The second-order valence-corrected chi connectivity index (χ2v) is 8.05. The average Bonchev–Trinajstić information content (AvgIpc) is 2.96. The first-order valence-electron chi connectivity index (χ1n) is 8.27. The van der Waals surface area contributed by atoms with Crippen LogP contribution in [0, 0.1) is 9.39 Å². The highest BCUT2D eigenvalue weighted by atomic mass is 127. The number of carbonyl (C=O) groups excluding carboxylic acids is 1. The van der Waals surface area contributed by atoms with Crippen LogP contribution in [0.1, 0.15) is 26.3 Å². The number of H-pyrrole nitrogens is 1. The molecule has 0 saturated carbocycles. The molecule has 0 unspecified atom stereocenters. The number of halogens is 2. The lowest BCUT2D eigenvalue weighted by Crippen LogP contribution is -2.32. The molecule has 0 bridgehead atoms. The Labute approximate surface area is 169 Å². The van der Waals surface area contributed by atoms with Gasteiger partial charge in [0.1, 0.15) is 17.0 Å². The smallest absolute Gasteiger partial charge is 0.407 e. The lowest BCUT2D eigenvalue weighted by molar-refractivity contribution is 0.0523. The van der Waals surface area contributed by atoms with Crippen LogP contribution in [0.25, 0.3) is 11.0 Å². The number of hydrogen-bond acceptors (Lipinski definition) is 4. The van der Waals surface area contributed by atoms with Gasteiger partial charge in [0.2, 0.25) is 0 Å². The zero-order valence-corrected chi connectivity index (χ0v) is 17.3. The number of benzene rings is 1. The van der Waals surface area contributed by atoms with Crippen molar-refractivity contribution in [3.63, 3.8) is 0 Å². The van der Waals surface area contributed by atoms with Crippen LogP contribution in [-0.4, -0.2) is 21.7 Å². The van der Waals surface area contributed by atoms with E-state index in [1.54, 1.807) is 39.1 Å². The Hall–Kier alpha value is -2.36. The minimum Gasteiger partial charge on any atom is -0.453 e. The number of amides is 1. The highest BCUT2D eigenvalue weighted by molar-refractivity contribution is 14.1. The number of carbonyl (C=O) groups is 1. The number of nitrogens with one attached hydrogen (secondary N) is 2. The molecule has 2 aromatic heterocycles. The molecule has 0 atom stereocenters. The Morgan fingerprint density at radius 1 is 1.30 bits per heavy atom. The lowest BCUT2D eigenvalue weighted by atomic mass is 10.2. The molecule has 0 aliphatic carbocycles. The molecule has 0 saturated heterocycles. The van der Waals surface area contributed by atoms with Gasteiger partial charge in [-0.3, -0.25) is 0 Å². The van der Waals surface area contributed by atoms with E-state index in [1.165, 1.54) is 12.1 Å². The third-order valence-electron chi connectivity index (χ3n) is 3.54. The molecule has 3 rings (SSSR count). The molecule has 1 aromatic carbocycles. The van der Waals surface area contributed by atoms with Gasteiger partial charge in [0, 0.05) is 22.5 Å². The lowest BCUT2D eigenvalue weighted by Gasteiger charge is -2.19. The molecule has 1 amide bonds. The Balaban J connectivity index is 1.71. The molecule has 0 fully saturated rings. The first-order chi connectivity index (χ1) is 12.7. The van der Waals surface area contributed by atoms with Crippen LogP contribution >= 0.6 is 22.6 Å². The van der Waals surface area contributed by atoms with E-state index in [2.05, 4.69) is 37.9 Å². The summed E-state index contributed by atoms with van der Waals surface area (Å²) in [5.74, 6) is 0.0960. The molecule has 0 aliphatic rings. The minimum atomic E-state index is -0.585. The van der Waals surface area contributed by atoms with Gasteiger partial charge in [0.15, 0.2) is 11.6 Å². The highest BCUT2D eigenvalue weighted by Gasteiger charge is 2.16. The molecular formula is C19H19FIN3O3. The van der Waals surface area contributed by atoms with Crippen LogP contribution in [0.4, 0.5) is 9.18 Å². The van der Waals surface area contributed by atoms with Crippen LogP contribution in [0.2, 0.25) is 0 Å². The maximum absolute atomic E-state index is 14.5. The number of fused-ring (bicyclic) bond motifs is 1. The topological polar surface area (TPSA) is 76.2 Å². The van der Waals surface area contributed by atoms with Crippen LogP contribution in [0.5, 0.6) is 11.5 Å². The SMILES string of the molecule is CC(C)(C)OC(=O)NCc1ccc(Oc2ccnc3[nH]cc(I)c23)c(F)c1. The third-order valence-corrected chi connectivity index (χ3v) is 4.39. The standard InChI is InChI=1S/C19H19FIN3O3/c1-19(2,3)27-18(25)24-9-11-4-5-14(12(20)8-11)26-15-6-7-22-17-16(15)13(21)10-23-17/h4-8,10H,9H2,1-3H3,(H,22,23)(H,24,25). The monoisotopic (exact) mass is 483 g/mol. The van der Waals surface area contributed by atoms with Gasteiger partial charge in [-0.05, 0) is 67.1 Å². The van der Waals surface area contributed by atoms with Gasteiger partial charge in [-0.1, -0.05) is 6.07 Å². The quantitative estimate of drug-likeness (QED) is 0.505. The molecule has 0 spiro atoms. The summed E-state index contributed by atoms with van der Waals surface area (Å²) in [6.07, 6.45) is 2.86. The van der Waals surface area contributed by atoms with E-state index >= 15 is 0 Å². The number of aromatic nitrogens is 2. The number of nitrogens with zero attached hydrogens (tertiary/aromatic N) is 1. The second kappa shape index (κ2) is 7.71. The number of ether oxygens (including phenoxy) is 2. The van der Waals surface area contributed by atoms with Gasteiger partial charge in [0.05, 0.1) is 5.39 Å². The summed E-state index contributed by atoms with van der Waals surface area (Å²) < 4.78 is 26.3. The fraction of sp³-hybridized carbons (Fsp3) is 0.263. The summed E-state index contributed by atoms with van der Waals surface area (Å²) in [5.41, 5.74) is 0.691. The van der Waals surface area contributed by atoms with Crippen molar-refractivity contribution in [2.75, 3.05) is 0 Å². The Morgan fingerprint density at radius 3 is 2.78 bits per heavy atom. The van der Waals surface area contributed by atoms with Crippen LogP contribution < -0.4 is 10.1 Å². The molecule has 2 N–H and O–H groups in total. The molecule has 0 aliphatic heterocycles. The molecular weight excluding hydrogens is 464 g/mol. The fourth-order valence-corrected chi connectivity index (χ4v) is 3.09. The number of rotatable bonds is 4. The van der Waals surface area contributed by atoms with E-state index in [9.17, 15) is 9.18 Å². The summed E-state index contributed by atoms with van der Waals surface area (Å²) in [6.45, 7) is 5.49. The van der Waals surface area contributed by atoms with Crippen molar-refractivity contribution in [3.8, 4) is 11.5 Å². The predicted octanol–water partition coefficient (Wildman–Crippen LogP) is 5.12. The van der Waals surface area contributed by atoms with Gasteiger partial charge < -0.3 is 19.8 Å².